The number of phenolic OH excluding ortho intramolecular Hbond substituents is 1. The minimum Gasteiger partial charge on any atom is -0.506 e. The number of sulfone groups is 1. The Balaban J connectivity index is 2.12. The van der Waals surface area contributed by atoms with Crippen LogP contribution < -0.4 is 14.8 Å². The normalized spacial score (nSPS) is 11.1. The van der Waals surface area contributed by atoms with Crippen molar-refractivity contribution in [2.45, 2.75) is 24.7 Å². The van der Waals surface area contributed by atoms with E-state index in [0.717, 1.165) is 5.56 Å². The summed E-state index contributed by atoms with van der Waals surface area (Å²) in [5, 5.41) is 12.5. The second kappa shape index (κ2) is 8.77. The van der Waals surface area contributed by atoms with Gasteiger partial charge in [0.05, 0.1) is 30.6 Å². The smallest absolute Gasteiger partial charge is 0.224 e. The molecule has 2 rings (SSSR count). The number of rotatable bonds is 8. The number of hydrogen-bond donors (Lipinski definition) is 2. The van der Waals surface area contributed by atoms with Crippen molar-refractivity contribution in [1.82, 2.24) is 0 Å². The first-order valence-corrected chi connectivity index (χ1v) is 10.0. The average molecular weight is 393 g/mol. The molecule has 0 saturated carbocycles. The Labute approximate surface area is 158 Å². The lowest BCUT2D eigenvalue weighted by Gasteiger charge is -2.12. The fourth-order valence-electron chi connectivity index (χ4n) is 2.51. The first-order chi connectivity index (χ1) is 12.8. The molecule has 0 aromatic heterocycles. The Morgan fingerprint density at radius 3 is 2.48 bits per heavy atom. The monoisotopic (exact) mass is 393 g/mol. The van der Waals surface area contributed by atoms with Gasteiger partial charge in [0.1, 0.15) is 17.2 Å². The molecule has 2 N–H and O–H groups in total. The van der Waals surface area contributed by atoms with Crippen LogP contribution in [0, 0.1) is 0 Å². The fourth-order valence-corrected chi connectivity index (χ4v) is 3.42. The summed E-state index contributed by atoms with van der Waals surface area (Å²) in [5.74, 6) is 0.670. The lowest BCUT2D eigenvalue weighted by atomic mass is 10.1. The minimum atomic E-state index is -3.44. The number of benzene rings is 2. The molecule has 8 heteroatoms. The molecule has 146 valence electrons. The van der Waals surface area contributed by atoms with Crippen LogP contribution in [0.2, 0.25) is 0 Å². The summed E-state index contributed by atoms with van der Waals surface area (Å²) in [5.41, 5.74) is 0.866. The molecule has 2 aromatic rings. The van der Waals surface area contributed by atoms with Crippen LogP contribution in [0.4, 0.5) is 5.69 Å². The molecule has 2 aromatic carbocycles. The highest BCUT2D eigenvalue weighted by Gasteiger charge is 2.16. The molecule has 0 saturated heterocycles. The lowest BCUT2D eigenvalue weighted by molar-refractivity contribution is -0.116. The molecule has 0 atom stereocenters. The SMILES string of the molecule is CCS(=O)(=O)c1ccc(O)c(NC(=O)CCc2cc(OC)ccc2OC)c1. The predicted octanol–water partition coefficient (Wildman–Crippen LogP) is 2.77. The second-order valence-electron chi connectivity index (χ2n) is 5.81. The molecule has 0 spiro atoms. The standard InChI is InChI=1S/C19H23NO6S/c1-4-27(23,24)15-7-8-17(21)16(12-15)20-19(22)10-5-13-11-14(25-2)6-9-18(13)26-3/h6-9,11-12,21H,4-5,10H2,1-3H3,(H,20,22). The zero-order valence-corrected chi connectivity index (χ0v) is 16.3. The quantitative estimate of drug-likeness (QED) is 0.669. The number of methoxy groups -OCH3 is 2. The third-order valence-electron chi connectivity index (χ3n) is 4.09. The van der Waals surface area contributed by atoms with Crippen LogP contribution in [0.1, 0.15) is 18.9 Å². The molecule has 0 fully saturated rings. The Kier molecular flexibility index (Phi) is 6.68. The van der Waals surface area contributed by atoms with Crippen molar-refractivity contribution in [3.05, 3.63) is 42.0 Å². The van der Waals surface area contributed by atoms with E-state index < -0.39 is 9.84 Å². The molecule has 7 nitrogen and oxygen atoms in total. The second-order valence-corrected chi connectivity index (χ2v) is 8.09. The largest absolute Gasteiger partial charge is 0.506 e. The summed E-state index contributed by atoms with van der Waals surface area (Å²) < 4.78 is 34.4. The van der Waals surface area contributed by atoms with Gasteiger partial charge in [0.2, 0.25) is 5.91 Å². The lowest BCUT2D eigenvalue weighted by Crippen LogP contribution is -2.13. The summed E-state index contributed by atoms with van der Waals surface area (Å²) in [6.45, 7) is 1.53. The molecule has 0 unspecified atom stereocenters. The summed E-state index contributed by atoms with van der Waals surface area (Å²) >= 11 is 0. The number of carbonyl (C=O) groups excluding carboxylic acids is 1. The number of hydrogen-bond acceptors (Lipinski definition) is 6. The number of nitrogens with one attached hydrogen (secondary N) is 1. The Bertz CT molecular complexity index is 924. The van der Waals surface area contributed by atoms with Crippen LogP contribution in [-0.2, 0) is 21.1 Å². The van der Waals surface area contributed by atoms with Gasteiger partial charge in [-0.3, -0.25) is 4.79 Å². The van der Waals surface area contributed by atoms with Crippen LogP contribution in [-0.4, -0.2) is 39.4 Å². The van der Waals surface area contributed by atoms with E-state index >= 15 is 0 Å². The summed E-state index contributed by atoms with van der Waals surface area (Å²) in [6, 6.07) is 9.14. The van der Waals surface area contributed by atoms with Crippen LogP contribution in [0.3, 0.4) is 0 Å². The van der Waals surface area contributed by atoms with Crippen molar-refractivity contribution in [1.29, 1.82) is 0 Å². The Morgan fingerprint density at radius 2 is 1.85 bits per heavy atom. The number of aryl methyl sites for hydroxylation is 1. The first kappa shape index (κ1) is 20.6. The van der Waals surface area contributed by atoms with E-state index in [4.69, 9.17) is 9.47 Å². The number of ether oxygens (including phenoxy) is 2. The van der Waals surface area contributed by atoms with Crippen molar-refractivity contribution in [3.63, 3.8) is 0 Å². The topological polar surface area (TPSA) is 102 Å². The first-order valence-electron chi connectivity index (χ1n) is 8.37. The van der Waals surface area contributed by atoms with Crippen molar-refractivity contribution in [2.75, 3.05) is 25.3 Å². The maximum Gasteiger partial charge on any atom is 0.224 e. The number of aromatic hydroxyl groups is 1. The van der Waals surface area contributed by atoms with Crippen molar-refractivity contribution < 1.29 is 27.8 Å². The van der Waals surface area contributed by atoms with Crippen molar-refractivity contribution >= 4 is 21.4 Å². The van der Waals surface area contributed by atoms with Crippen LogP contribution in [0.25, 0.3) is 0 Å². The molecule has 0 heterocycles. The molecular formula is C19H23NO6S. The van der Waals surface area contributed by atoms with Gasteiger partial charge in [0, 0.05) is 6.42 Å². The van der Waals surface area contributed by atoms with E-state index in [0.29, 0.717) is 17.9 Å². The van der Waals surface area contributed by atoms with Gasteiger partial charge in [-0.15, -0.1) is 0 Å². The number of phenols is 1. The molecular weight excluding hydrogens is 370 g/mol. The molecule has 27 heavy (non-hydrogen) atoms. The third-order valence-corrected chi connectivity index (χ3v) is 5.82. The maximum atomic E-state index is 12.3. The molecule has 0 radical (unpaired) electrons. The number of carbonyl (C=O) groups is 1. The summed E-state index contributed by atoms with van der Waals surface area (Å²) in [7, 11) is -0.339. The minimum absolute atomic E-state index is 0.0487. The van der Waals surface area contributed by atoms with Gasteiger partial charge < -0.3 is 19.9 Å². The predicted molar refractivity (Wildman–Crippen MR) is 102 cm³/mol. The van der Waals surface area contributed by atoms with Gasteiger partial charge in [-0.25, -0.2) is 8.42 Å². The summed E-state index contributed by atoms with van der Waals surface area (Å²) in [6.07, 6.45) is 0.508. The fraction of sp³-hybridized carbons (Fsp3) is 0.316. The summed E-state index contributed by atoms with van der Waals surface area (Å²) in [4.78, 5) is 12.3. The molecule has 0 aliphatic carbocycles. The highest BCUT2D eigenvalue weighted by molar-refractivity contribution is 7.91. The van der Waals surface area contributed by atoms with Gasteiger partial charge in [-0.2, -0.15) is 0 Å². The van der Waals surface area contributed by atoms with Gasteiger partial charge >= 0.3 is 0 Å². The van der Waals surface area contributed by atoms with Crippen LogP contribution >= 0.6 is 0 Å². The number of amides is 1. The van der Waals surface area contributed by atoms with E-state index in [9.17, 15) is 18.3 Å². The van der Waals surface area contributed by atoms with Crippen molar-refractivity contribution in [3.8, 4) is 17.2 Å². The molecule has 0 aliphatic heterocycles. The molecule has 0 aliphatic rings. The van der Waals surface area contributed by atoms with E-state index in [1.165, 1.54) is 25.1 Å². The third kappa shape index (κ3) is 5.13. The van der Waals surface area contributed by atoms with Gasteiger partial charge in [0.15, 0.2) is 9.84 Å². The maximum absolute atomic E-state index is 12.3. The van der Waals surface area contributed by atoms with Crippen LogP contribution in [0.15, 0.2) is 41.3 Å². The van der Waals surface area contributed by atoms with Gasteiger partial charge in [-0.05, 0) is 48.4 Å². The Morgan fingerprint density at radius 1 is 1.11 bits per heavy atom. The van der Waals surface area contributed by atoms with Crippen molar-refractivity contribution in [2.24, 2.45) is 0 Å². The van der Waals surface area contributed by atoms with Crippen LogP contribution in [0.5, 0.6) is 17.2 Å². The molecule has 1 amide bonds. The van der Waals surface area contributed by atoms with E-state index in [1.807, 2.05) is 0 Å². The zero-order valence-electron chi connectivity index (χ0n) is 15.5. The number of anilines is 1. The van der Waals surface area contributed by atoms with E-state index in [1.54, 1.807) is 32.4 Å². The average Bonchev–Trinajstić information content (AvgIpc) is 2.67. The molecule has 0 bridgehead atoms. The zero-order chi connectivity index (χ0) is 20.0. The van der Waals surface area contributed by atoms with E-state index in [2.05, 4.69) is 5.32 Å². The Hall–Kier alpha value is -2.74. The van der Waals surface area contributed by atoms with Gasteiger partial charge in [-0.1, -0.05) is 6.92 Å². The highest BCUT2D eigenvalue weighted by Crippen LogP contribution is 2.28. The highest BCUT2D eigenvalue weighted by atomic mass is 32.2. The van der Waals surface area contributed by atoms with Gasteiger partial charge in [0.25, 0.3) is 0 Å². The van der Waals surface area contributed by atoms with E-state index in [-0.39, 0.29) is 34.4 Å².